The molecule has 0 bridgehead atoms. The van der Waals surface area contributed by atoms with Gasteiger partial charge >= 0.3 is 212 Å². The summed E-state index contributed by atoms with van der Waals surface area (Å²) in [4.78, 5) is 24.8. The number of benzene rings is 1. The average molecular weight is 533 g/mol. The molecule has 7 nitrogen and oxygen atoms in total. The first kappa shape index (κ1) is 31.5. The van der Waals surface area contributed by atoms with Crippen LogP contribution in [0.2, 0.25) is 0 Å². The van der Waals surface area contributed by atoms with Crippen LogP contribution < -0.4 is 0 Å². The molecule has 1 aromatic rings. The van der Waals surface area contributed by atoms with Crippen molar-refractivity contribution in [3.05, 3.63) is 29.3 Å². The zero-order valence-corrected chi connectivity index (χ0v) is 24.1. The third-order valence-electron chi connectivity index (χ3n) is 6.71. The summed E-state index contributed by atoms with van der Waals surface area (Å²) in [6.07, 6.45) is 10.3. The quantitative estimate of drug-likeness (QED) is 0.164. The molecule has 9 heteroatoms. The molecular formula is C26H45O7PS. The fourth-order valence-corrected chi connectivity index (χ4v) is 14.9. The summed E-state index contributed by atoms with van der Waals surface area (Å²) in [5, 5.41) is 0. The van der Waals surface area contributed by atoms with Crippen molar-refractivity contribution >= 4 is 28.9 Å². The van der Waals surface area contributed by atoms with Gasteiger partial charge in [-0.1, -0.05) is 0 Å². The van der Waals surface area contributed by atoms with Crippen LogP contribution in [0.4, 0.5) is 0 Å². The van der Waals surface area contributed by atoms with Crippen molar-refractivity contribution in [2.24, 2.45) is 0 Å². The molecule has 0 saturated heterocycles. The van der Waals surface area contributed by atoms with Crippen LogP contribution in [0.3, 0.4) is 0 Å². The zero-order chi connectivity index (χ0) is 26.6. The van der Waals surface area contributed by atoms with Crippen LogP contribution in [-0.4, -0.2) is 59.2 Å². The number of carbonyl (C=O) groups is 2. The van der Waals surface area contributed by atoms with Crippen LogP contribution >= 0.6 is 6.83 Å². The Kier molecular flexibility index (Phi) is 12.9. The van der Waals surface area contributed by atoms with Crippen molar-refractivity contribution in [2.75, 3.05) is 38.9 Å². The van der Waals surface area contributed by atoms with Gasteiger partial charge in [-0.15, -0.1) is 0 Å². The van der Waals surface area contributed by atoms with Crippen LogP contribution in [0.15, 0.2) is 23.1 Å². The molecule has 0 fully saturated rings. The van der Waals surface area contributed by atoms with E-state index in [0.29, 0.717) is 0 Å². The van der Waals surface area contributed by atoms with E-state index >= 15 is 0 Å². The van der Waals surface area contributed by atoms with Gasteiger partial charge < -0.3 is 0 Å². The van der Waals surface area contributed by atoms with E-state index in [-0.39, 0.29) is 16.0 Å². The van der Waals surface area contributed by atoms with Gasteiger partial charge in [0.05, 0.1) is 0 Å². The summed E-state index contributed by atoms with van der Waals surface area (Å²) < 4.78 is 44.3. The van der Waals surface area contributed by atoms with Crippen molar-refractivity contribution in [1.29, 1.82) is 0 Å². The van der Waals surface area contributed by atoms with Crippen molar-refractivity contribution in [3.63, 3.8) is 0 Å². The summed E-state index contributed by atoms with van der Waals surface area (Å²) in [7, 11) is -2.07. The topological polar surface area (TPSA) is 96.0 Å². The second-order valence-corrected chi connectivity index (χ2v) is 16.8. The van der Waals surface area contributed by atoms with Gasteiger partial charge in [-0.2, -0.15) is 0 Å². The minimum atomic E-state index is -4.40. The summed E-state index contributed by atoms with van der Waals surface area (Å²) in [5.41, 5.74) is -0.496. The molecule has 202 valence electrons. The Morgan fingerprint density at radius 2 is 1.17 bits per heavy atom. The number of carbonyl (C=O) groups excluding carboxylic acids is 2. The fourth-order valence-electron chi connectivity index (χ4n) is 4.70. The SMILES string of the molecule is CCCCP(CCCC)(CCCC)(CCCC)OS(=O)(=O)c1cccc(C(=O)OC)c1C(=O)OC. The number of hydrogen-bond donors (Lipinski definition) is 0. The second kappa shape index (κ2) is 14.3. The molecule has 1 rings (SSSR count). The van der Waals surface area contributed by atoms with E-state index in [1.807, 2.05) is 0 Å². The summed E-state index contributed by atoms with van der Waals surface area (Å²) >= 11 is 0. The summed E-state index contributed by atoms with van der Waals surface area (Å²) in [5.74, 6) is -1.73. The molecule has 35 heavy (non-hydrogen) atoms. The minimum absolute atomic E-state index is 0.159. The van der Waals surface area contributed by atoms with Crippen molar-refractivity contribution in [3.8, 4) is 0 Å². The maximum atomic E-state index is 14.1. The molecule has 0 N–H and O–H groups in total. The van der Waals surface area contributed by atoms with Crippen LogP contribution in [0.25, 0.3) is 0 Å². The number of methoxy groups -OCH3 is 2. The normalized spacial score (nSPS) is 13.1. The Morgan fingerprint density at radius 1 is 0.743 bits per heavy atom. The first-order valence-electron chi connectivity index (χ1n) is 12.9. The summed E-state index contributed by atoms with van der Waals surface area (Å²) in [6.45, 7) is 5.19. The summed E-state index contributed by atoms with van der Waals surface area (Å²) in [6, 6.07) is 4.11. The first-order valence-corrected chi connectivity index (χ1v) is 17.2. The van der Waals surface area contributed by atoms with Gasteiger partial charge in [0.1, 0.15) is 0 Å². The van der Waals surface area contributed by atoms with Crippen molar-refractivity contribution < 1.29 is 31.5 Å². The molecule has 0 heterocycles. The predicted octanol–water partition coefficient (Wildman–Crippen LogP) is 6.63. The Bertz CT molecular complexity index is 900. The number of ether oxygens (including phenoxy) is 2. The van der Waals surface area contributed by atoms with Crippen LogP contribution in [0, 0.1) is 0 Å². The van der Waals surface area contributed by atoms with Crippen molar-refractivity contribution in [2.45, 2.75) is 84.0 Å². The van der Waals surface area contributed by atoms with E-state index < -0.39 is 28.9 Å². The molecule has 0 radical (unpaired) electrons. The molecule has 0 amide bonds. The molecule has 0 aromatic heterocycles. The van der Waals surface area contributed by atoms with Gasteiger partial charge in [0, 0.05) is 0 Å². The third-order valence-corrected chi connectivity index (χ3v) is 15.8. The van der Waals surface area contributed by atoms with Crippen LogP contribution in [0.1, 0.15) is 99.8 Å². The van der Waals surface area contributed by atoms with E-state index in [1.54, 1.807) is 0 Å². The zero-order valence-electron chi connectivity index (χ0n) is 22.4. The second-order valence-electron chi connectivity index (χ2n) is 9.36. The first-order chi connectivity index (χ1) is 16.6. The van der Waals surface area contributed by atoms with E-state index in [0.717, 1.165) is 83.1 Å². The van der Waals surface area contributed by atoms with E-state index in [9.17, 15) is 18.0 Å². The molecule has 0 aliphatic rings. The molecule has 0 unspecified atom stereocenters. The monoisotopic (exact) mass is 532 g/mol. The molecule has 0 aliphatic heterocycles. The van der Waals surface area contributed by atoms with Gasteiger partial charge in [0.2, 0.25) is 0 Å². The van der Waals surface area contributed by atoms with Gasteiger partial charge in [0.25, 0.3) is 0 Å². The van der Waals surface area contributed by atoms with E-state index in [2.05, 4.69) is 27.7 Å². The average Bonchev–Trinajstić information content (AvgIpc) is 2.87. The Labute approximate surface area is 212 Å². The van der Waals surface area contributed by atoms with Gasteiger partial charge in [-0.3, -0.25) is 0 Å². The molecule has 0 spiro atoms. The standard InChI is InChI=1S/C26H45O7PS/c1-7-11-18-34(19-12-8-2,20-13-9-3,21-14-10-4)33-35(29,30)23-17-15-16-22(25(27)31-5)24(23)26(28)32-6/h15-17H,7-14,18-21H2,1-6H3. The van der Waals surface area contributed by atoms with Crippen LogP contribution in [-0.2, 0) is 23.6 Å². The molecule has 1 aromatic carbocycles. The Morgan fingerprint density at radius 3 is 1.54 bits per heavy atom. The van der Waals surface area contributed by atoms with Crippen molar-refractivity contribution in [1.82, 2.24) is 0 Å². The van der Waals surface area contributed by atoms with Gasteiger partial charge in [-0.25, -0.2) is 0 Å². The predicted molar refractivity (Wildman–Crippen MR) is 143 cm³/mol. The fraction of sp³-hybridized carbons (Fsp3) is 0.692. The van der Waals surface area contributed by atoms with Gasteiger partial charge in [0.15, 0.2) is 0 Å². The third kappa shape index (κ3) is 7.99. The molecule has 0 aliphatic carbocycles. The molecular weight excluding hydrogens is 487 g/mol. The maximum absolute atomic E-state index is 14.1. The number of unbranched alkanes of at least 4 members (excludes halogenated alkanes) is 4. The number of hydrogen-bond acceptors (Lipinski definition) is 7. The number of esters is 2. The Balaban J connectivity index is 3.87. The van der Waals surface area contributed by atoms with E-state index in [1.165, 1.54) is 25.3 Å². The van der Waals surface area contributed by atoms with E-state index in [4.69, 9.17) is 13.4 Å². The van der Waals surface area contributed by atoms with Crippen LogP contribution in [0.5, 0.6) is 0 Å². The molecule has 0 atom stereocenters. The molecule has 0 saturated carbocycles. The number of rotatable bonds is 17. The Hall–Kier alpha value is -1.50. The van der Waals surface area contributed by atoms with Gasteiger partial charge in [-0.05, 0) is 0 Å².